The van der Waals surface area contributed by atoms with Gasteiger partial charge in [-0.2, -0.15) is 15.0 Å². The molecule has 0 saturated heterocycles. The van der Waals surface area contributed by atoms with Crippen LogP contribution in [0.15, 0.2) is 0 Å². The van der Waals surface area contributed by atoms with Gasteiger partial charge >= 0.3 is 6.01 Å². The maximum absolute atomic E-state index is 5.92. The van der Waals surface area contributed by atoms with E-state index < -0.39 is 0 Å². The van der Waals surface area contributed by atoms with Gasteiger partial charge in [-0.3, -0.25) is 0 Å². The summed E-state index contributed by atoms with van der Waals surface area (Å²) in [5, 5.41) is 3.55. The number of aromatic nitrogens is 3. The highest BCUT2D eigenvalue weighted by Crippen LogP contribution is 2.28. The van der Waals surface area contributed by atoms with Gasteiger partial charge in [-0.05, 0) is 36.8 Å². The molecule has 1 heterocycles. The average molecular weight is 299 g/mol. The maximum atomic E-state index is 5.92. The summed E-state index contributed by atoms with van der Waals surface area (Å²) in [4.78, 5) is 12.4. The van der Waals surface area contributed by atoms with Crippen LogP contribution < -0.4 is 10.1 Å². The van der Waals surface area contributed by atoms with Gasteiger partial charge in [-0.1, -0.05) is 33.1 Å². The van der Waals surface area contributed by atoms with Crippen LogP contribution >= 0.6 is 11.6 Å². The van der Waals surface area contributed by atoms with Crippen LogP contribution in [0.1, 0.15) is 52.4 Å². The van der Waals surface area contributed by atoms with E-state index >= 15 is 0 Å². The van der Waals surface area contributed by atoms with Gasteiger partial charge in [0.05, 0.1) is 6.61 Å². The highest BCUT2D eigenvalue weighted by molar-refractivity contribution is 6.28. The van der Waals surface area contributed by atoms with Gasteiger partial charge in [0.2, 0.25) is 11.2 Å². The fourth-order valence-corrected chi connectivity index (χ4v) is 2.78. The zero-order valence-electron chi connectivity index (χ0n) is 12.2. The molecule has 2 atom stereocenters. The molecule has 1 fully saturated rings. The lowest BCUT2D eigenvalue weighted by Crippen LogP contribution is -2.28. The first-order valence-corrected chi connectivity index (χ1v) is 7.90. The molecule has 1 aromatic rings. The van der Waals surface area contributed by atoms with Crippen LogP contribution in [0.4, 0.5) is 5.95 Å². The number of nitrogens with one attached hydrogen (secondary N) is 1. The Morgan fingerprint density at radius 1 is 1.25 bits per heavy atom. The lowest BCUT2D eigenvalue weighted by atomic mass is 9.84. The molecule has 6 heteroatoms. The molecule has 1 saturated carbocycles. The predicted octanol–water partition coefficient (Wildman–Crippen LogP) is 3.69. The van der Waals surface area contributed by atoms with Crippen molar-refractivity contribution in [1.29, 1.82) is 0 Å². The van der Waals surface area contributed by atoms with Crippen LogP contribution in [0.3, 0.4) is 0 Å². The Kier molecular flexibility index (Phi) is 5.83. The molecule has 0 amide bonds. The molecule has 1 aliphatic rings. The molecular formula is C14H23ClN4O. The number of nitrogens with zero attached hydrogens (tertiary/aromatic N) is 3. The quantitative estimate of drug-likeness (QED) is 0.868. The van der Waals surface area contributed by atoms with Gasteiger partial charge < -0.3 is 10.1 Å². The molecule has 1 N–H and O–H groups in total. The maximum Gasteiger partial charge on any atom is 0.322 e. The first-order valence-electron chi connectivity index (χ1n) is 7.52. The van der Waals surface area contributed by atoms with Crippen molar-refractivity contribution in [3.63, 3.8) is 0 Å². The van der Waals surface area contributed by atoms with E-state index in [2.05, 4.69) is 27.2 Å². The Hall–Kier alpha value is -1.10. The summed E-state index contributed by atoms with van der Waals surface area (Å²) in [6.07, 6.45) is 7.06. The number of rotatable bonds is 6. The van der Waals surface area contributed by atoms with E-state index in [9.17, 15) is 0 Å². The van der Waals surface area contributed by atoms with Gasteiger partial charge in [0.15, 0.2) is 0 Å². The van der Waals surface area contributed by atoms with Crippen LogP contribution in [0.2, 0.25) is 5.28 Å². The van der Waals surface area contributed by atoms with Crippen LogP contribution in [0.25, 0.3) is 0 Å². The summed E-state index contributed by atoms with van der Waals surface area (Å²) in [6.45, 7) is 4.87. The van der Waals surface area contributed by atoms with Crippen LogP contribution in [-0.4, -0.2) is 27.6 Å². The number of halogens is 1. The second-order valence-electron chi connectivity index (χ2n) is 5.34. The summed E-state index contributed by atoms with van der Waals surface area (Å²) in [7, 11) is 0. The number of hydrogen-bond acceptors (Lipinski definition) is 5. The Balaban J connectivity index is 1.99. The Bertz CT molecular complexity index is 430. The number of hydrogen-bond donors (Lipinski definition) is 1. The molecule has 1 aliphatic carbocycles. The molecule has 0 aliphatic heterocycles. The topological polar surface area (TPSA) is 59.9 Å². The van der Waals surface area contributed by atoms with E-state index in [-0.39, 0.29) is 5.28 Å². The Morgan fingerprint density at radius 2 is 2.10 bits per heavy atom. The second-order valence-corrected chi connectivity index (χ2v) is 5.68. The van der Waals surface area contributed by atoms with Crippen molar-refractivity contribution in [2.75, 3.05) is 11.9 Å². The van der Waals surface area contributed by atoms with Crippen molar-refractivity contribution in [2.45, 2.75) is 58.4 Å². The van der Waals surface area contributed by atoms with E-state index in [1.807, 2.05) is 6.92 Å². The van der Waals surface area contributed by atoms with Gasteiger partial charge in [-0.15, -0.1) is 0 Å². The van der Waals surface area contributed by atoms with Gasteiger partial charge in [0.25, 0.3) is 0 Å². The summed E-state index contributed by atoms with van der Waals surface area (Å²) in [6, 6.07) is 0.725. The molecule has 0 spiro atoms. The van der Waals surface area contributed by atoms with Crippen molar-refractivity contribution in [3.8, 4) is 6.01 Å². The predicted molar refractivity (Wildman–Crippen MR) is 80.3 cm³/mol. The SMILES string of the molecule is CCCOc1nc(Cl)nc(NC2CCCC(CC)C2)n1. The molecule has 112 valence electrons. The van der Waals surface area contributed by atoms with Crippen molar-refractivity contribution in [2.24, 2.45) is 5.92 Å². The van der Waals surface area contributed by atoms with Crippen molar-refractivity contribution in [3.05, 3.63) is 5.28 Å². The zero-order chi connectivity index (χ0) is 14.4. The summed E-state index contributed by atoms with van der Waals surface area (Å²) in [5.74, 6) is 1.33. The molecule has 0 aromatic carbocycles. The fraction of sp³-hybridized carbons (Fsp3) is 0.786. The molecule has 0 bridgehead atoms. The largest absolute Gasteiger partial charge is 0.463 e. The average Bonchev–Trinajstić information content (AvgIpc) is 2.44. The smallest absolute Gasteiger partial charge is 0.322 e. The van der Waals surface area contributed by atoms with Gasteiger partial charge in [-0.25, -0.2) is 0 Å². The Labute approximate surface area is 125 Å². The standard InChI is InChI=1S/C14H23ClN4O/c1-3-8-20-14-18-12(15)17-13(19-14)16-11-7-5-6-10(4-2)9-11/h10-11H,3-9H2,1-2H3,(H,16,17,18,19). The number of anilines is 1. The third kappa shape index (κ3) is 4.47. The highest BCUT2D eigenvalue weighted by Gasteiger charge is 2.21. The Morgan fingerprint density at radius 3 is 2.85 bits per heavy atom. The van der Waals surface area contributed by atoms with Crippen molar-refractivity contribution >= 4 is 17.5 Å². The summed E-state index contributed by atoms with van der Waals surface area (Å²) in [5.41, 5.74) is 0. The van der Waals surface area contributed by atoms with E-state index in [1.165, 1.54) is 25.7 Å². The second kappa shape index (κ2) is 7.62. The highest BCUT2D eigenvalue weighted by atomic mass is 35.5. The molecule has 0 radical (unpaired) electrons. The minimum absolute atomic E-state index is 0.177. The van der Waals surface area contributed by atoms with Gasteiger partial charge in [0, 0.05) is 6.04 Å². The molecule has 2 unspecified atom stereocenters. The summed E-state index contributed by atoms with van der Waals surface area (Å²) >= 11 is 5.92. The third-order valence-corrected chi connectivity index (χ3v) is 3.89. The van der Waals surface area contributed by atoms with Gasteiger partial charge in [0.1, 0.15) is 0 Å². The van der Waals surface area contributed by atoms with Crippen molar-refractivity contribution in [1.82, 2.24) is 15.0 Å². The van der Waals surface area contributed by atoms with Crippen LogP contribution in [-0.2, 0) is 0 Å². The first kappa shape index (κ1) is 15.3. The molecule has 20 heavy (non-hydrogen) atoms. The van der Waals surface area contributed by atoms with Crippen LogP contribution in [0.5, 0.6) is 6.01 Å². The molecule has 5 nitrogen and oxygen atoms in total. The number of ether oxygens (including phenoxy) is 1. The zero-order valence-corrected chi connectivity index (χ0v) is 13.0. The van der Waals surface area contributed by atoms with E-state index in [0.29, 0.717) is 24.6 Å². The minimum atomic E-state index is 0.177. The van der Waals surface area contributed by atoms with E-state index in [1.54, 1.807) is 0 Å². The monoisotopic (exact) mass is 298 g/mol. The molecule has 1 aromatic heterocycles. The summed E-state index contributed by atoms with van der Waals surface area (Å²) < 4.78 is 5.42. The van der Waals surface area contributed by atoms with E-state index in [0.717, 1.165) is 18.8 Å². The van der Waals surface area contributed by atoms with Crippen LogP contribution in [0, 0.1) is 5.92 Å². The third-order valence-electron chi connectivity index (χ3n) is 3.72. The lowest BCUT2D eigenvalue weighted by Gasteiger charge is -2.29. The van der Waals surface area contributed by atoms with Crippen molar-refractivity contribution < 1.29 is 4.74 Å². The molecule has 2 rings (SSSR count). The first-order chi connectivity index (χ1) is 9.71. The molecular weight excluding hydrogens is 276 g/mol. The fourth-order valence-electron chi connectivity index (χ4n) is 2.63. The minimum Gasteiger partial charge on any atom is -0.463 e. The van der Waals surface area contributed by atoms with E-state index in [4.69, 9.17) is 16.3 Å². The lowest BCUT2D eigenvalue weighted by molar-refractivity contribution is 0.291. The normalized spacial score (nSPS) is 22.6.